The van der Waals surface area contributed by atoms with Gasteiger partial charge < -0.3 is 16.4 Å². The Morgan fingerprint density at radius 3 is 2.69 bits per heavy atom. The molecule has 16 heavy (non-hydrogen) atoms. The zero-order valence-corrected chi connectivity index (χ0v) is 9.57. The van der Waals surface area contributed by atoms with Crippen molar-refractivity contribution in [2.45, 2.75) is 19.0 Å². The Hall–Kier alpha value is -1.39. The van der Waals surface area contributed by atoms with Crippen LogP contribution in [0, 0.1) is 0 Å². The molecule has 1 rings (SSSR count). The molecule has 4 nitrogen and oxygen atoms in total. The average molecular weight is 221 g/mol. The quantitative estimate of drug-likeness (QED) is 0.644. The molecule has 4 N–H and O–H groups in total. The van der Waals surface area contributed by atoms with Gasteiger partial charge in [0.1, 0.15) is 0 Å². The predicted octanol–water partition coefficient (Wildman–Crippen LogP) is 0.240. The van der Waals surface area contributed by atoms with Crippen LogP contribution >= 0.6 is 0 Å². The van der Waals surface area contributed by atoms with Crippen molar-refractivity contribution in [3.05, 3.63) is 35.9 Å². The van der Waals surface area contributed by atoms with E-state index in [2.05, 4.69) is 10.6 Å². The summed E-state index contributed by atoms with van der Waals surface area (Å²) < 4.78 is 0. The molecule has 4 heteroatoms. The summed E-state index contributed by atoms with van der Waals surface area (Å²) in [6.45, 7) is 1.28. The van der Waals surface area contributed by atoms with Crippen molar-refractivity contribution in [2.75, 3.05) is 13.6 Å². The molecule has 0 radical (unpaired) electrons. The Labute approximate surface area is 96.2 Å². The number of rotatable bonds is 6. The summed E-state index contributed by atoms with van der Waals surface area (Å²) in [4.78, 5) is 11.6. The Morgan fingerprint density at radius 2 is 2.06 bits per heavy atom. The number of nitrogens with two attached hydrogens (primary N) is 1. The van der Waals surface area contributed by atoms with Crippen molar-refractivity contribution in [3.8, 4) is 0 Å². The summed E-state index contributed by atoms with van der Waals surface area (Å²) in [6, 6.07) is 9.35. The SMILES string of the molecule is CNCC[C@H](N)C(=O)NCc1ccccc1. The second-order valence-electron chi connectivity index (χ2n) is 3.70. The summed E-state index contributed by atoms with van der Waals surface area (Å²) in [5, 5.41) is 5.78. The lowest BCUT2D eigenvalue weighted by Crippen LogP contribution is -2.41. The van der Waals surface area contributed by atoms with Crippen molar-refractivity contribution in [1.82, 2.24) is 10.6 Å². The van der Waals surface area contributed by atoms with Gasteiger partial charge in [-0.15, -0.1) is 0 Å². The van der Waals surface area contributed by atoms with E-state index in [0.29, 0.717) is 13.0 Å². The van der Waals surface area contributed by atoms with Crippen LogP contribution in [0.4, 0.5) is 0 Å². The van der Waals surface area contributed by atoms with E-state index < -0.39 is 6.04 Å². The highest BCUT2D eigenvalue weighted by molar-refractivity contribution is 5.81. The van der Waals surface area contributed by atoms with Crippen LogP contribution in [0.5, 0.6) is 0 Å². The first-order chi connectivity index (χ1) is 7.74. The minimum absolute atomic E-state index is 0.0981. The molecule has 0 heterocycles. The van der Waals surface area contributed by atoms with E-state index in [1.54, 1.807) is 0 Å². The number of hydrogen-bond acceptors (Lipinski definition) is 3. The van der Waals surface area contributed by atoms with Crippen molar-refractivity contribution < 1.29 is 4.79 Å². The van der Waals surface area contributed by atoms with E-state index in [1.165, 1.54) is 0 Å². The van der Waals surface area contributed by atoms with E-state index in [4.69, 9.17) is 5.73 Å². The van der Waals surface area contributed by atoms with Crippen molar-refractivity contribution >= 4 is 5.91 Å². The molecule has 0 aliphatic carbocycles. The molecule has 0 aromatic heterocycles. The Morgan fingerprint density at radius 1 is 1.38 bits per heavy atom. The first kappa shape index (κ1) is 12.7. The maximum Gasteiger partial charge on any atom is 0.237 e. The van der Waals surface area contributed by atoms with Crippen LogP contribution in [0.2, 0.25) is 0 Å². The largest absolute Gasteiger partial charge is 0.351 e. The Kier molecular flexibility index (Phi) is 5.53. The summed E-state index contributed by atoms with van der Waals surface area (Å²) in [5.74, 6) is -0.0981. The first-order valence-electron chi connectivity index (χ1n) is 5.46. The Bertz CT molecular complexity index is 313. The fourth-order valence-electron chi connectivity index (χ4n) is 1.35. The highest BCUT2D eigenvalue weighted by atomic mass is 16.2. The van der Waals surface area contributed by atoms with Crippen LogP contribution in [0.3, 0.4) is 0 Å². The molecule has 0 spiro atoms. The summed E-state index contributed by atoms with van der Waals surface area (Å²) >= 11 is 0. The summed E-state index contributed by atoms with van der Waals surface area (Å²) in [7, 11) is 1.84. The van der Waals surface area contributed by atoms with Gasteiger partial charge in [0.2, 0.25) is 5.91 Å². The second-order valence-corrected chi connectivity index (χ2v) is 3.70. The third-order valence-corrected chi connectivity index (χ3v) is 2.35. The van der Waals surface area contributed by atoms with Crippen molar-refractivity contribution in [2.24, 2.45) is 5.73 Å². The first-order valence-corrected chi connectivity index (χ1v) is 5.46. The zero-order valence-electron chi connectivity index (χ0n) is 9.57. The lowest BCUT2D eigenvalue weighted by molar-refractivity contribution is -0.122. The lowest BCUT2D eigenvalue weighted by Gasteiger charge is -2.11. The van der Waals surface area contributed by atoms with Crippen LogP contribution in [-0.4, -0.2) is 25.5 Å². The molecule has 0 bridgehead atoms. The number of carbonyl (C=O) groups is 1. The van der Waals surface area contributed by atoms with Crippen LogP contribution in [-0.2, 0) is 11.3 Å². The molecular weight excluding hydrogens is 202 g/mol. The standard InChI is InChI=1S/C12H19N3O/c1-14-8-7-11(13)12(16)15-9-10-5-3-2-4-6-10/h2-6,11,14H,7-9,13H2,1H3,(H,15,16)/t11-/m0/s1. The smallest absolute Gasteiger partial charge is 0.237 e. The molecule has 1 amide bonds. The van der Waals surface area contributed by atoms with Crippen LogP contribution in [0.25, 0.3) is 0 Å². The number of amides is 1. The minimum atomic E-state index is -0.434. The fraction of sp³-hybridized carbons (Fsp3) is 0.417. The normalized spacial score (nSPS) is 12.1. The average Bonchev–Trinajstić information content (AvgIpc) is 2.34. The third-order valence-electron chi connectivity index (χ3n) is 2.35. The topological polar surface area (TPSA) is 67.1 Å². The van der Waals surface area contributed by atoms with Gasteiger partial charge in [-0.2, -0.15) is 0 Å². The predicted molar refractivity (Wildman–Crippen MR) is 64.8 cm³/mol. The van der Waals surface area contributed by atoms with Crippen molar-refractivity contribution in [3.63, 3.8) is 0 Å². The molecule has 0 aliphatic heterocycles. The van der Waals surface area contributed by atoms with Gasteiger partial charge in [-0.25, -0.2) is 0 Å². The van der Waals surface area contributed by atoms with E-state index in [0.717, 1.165) is 12.1 Å². The molecule has 0 fully saturated rings. The van der Waals surface area contributed by atoms with Gasteiger partial charge >= 0.3 is 0 Å². The monoisotopic (exact) mass is 221 g/mol. The number of carbonyl (C=O) groups excluding carboxylic acids is 1. The van der Waals surface area contributed by atoms with Gasteiger partial charge in [0, 0.05) is 6.54 Å². The number of benzene rings is 1. The molecule has 88 valence electrons. The van der Waals surface area contributed by atoms with E-state index in [9.17, 15) is 4.79 Å². The summed E-state index contributed by atoms with van der Waals surface area (Å²) in [5.41, 5.74) is 6.80. The number of hydrogen-bond donors (Lipinski definition) is 3. The van der Waals surface area contributed by atoms with Gasteiger partial charge in [-0.05, 0) is 25.6 Å². The highest BCUT2D eigenvalue weighted by Gasteiger charge is 2.11. The molecule has 1 aromatic rings. The molecule has 0 unspecified atom stereocenters. The highest BCUT2D eigenvalue weighted by Crippen LogP contribution is 1.97. The second kappa shape index (κ2) is 6.98. The van der Waals surface area contributed by atoms with Gasteiger partial charge in [0.25, 0.3) is 0 Å². The lowest BCUT2D eigenvalue weighted by atomic mass is 10.2. The van der Waals surface area contributed by atoms with Gasteiger partial charge in [-0.1, -0.05) is 30.3 Å². The van der Waals surface area contributed by atoms with Crippen molar-refractivity contribution in [1.29, 1.82) is 0 Å². The zero-order chi connectivity index (χ0) is 11.8. The molecule has 1 atom stereocenters. The maximum atomic E-state index is 11.6. The van der Waals surface area contributed by atoms with Crippen LogP contribution in [0.15, 0.2) is 30.3 Å². The van der Waals surface area contributed by atoms with Crippen LogP contribution < -0.4 is 16.4 Å². The molecule has 0 aliphatic rings. The van der Waals surface area contributed by atoms with Gasteiger partial charge in [0.05, 0.1) is 6.04 Å². The molecule has 0 saturated heterocycles. The number of nitrogens with one attached hydrogen (secondary N) is 2. The minimum Gasteiger partial charge on any atom is -0.351 e. The van der Waals surface area contributed by atoms with E-state index >= 15 is 0 Å². The van der Waals surface area contributed by atoms with Gasteiger partial charge in [-0.3, -0.25) is 4.79 Å². The molecule has 0 saturated carbocycles. The Balaban J connectivity index is 2.29. The maximum absolute atomic E-state index is 11.6. The van der Waals surface area contributed by atoms with E-state index in [-0.39, 0.29) is 5.91 Å². The molecule has 1 aromatic carbocycles. The summed E-state index contributed by atoms with van der Waals surface area (Å²) in [6.07, 6.45) is 0.650. The van der Waals surface area contributed by atoms with Crippen LogP contribution in [0.1, 0.15) is 12.0 Å². The van der Waals surface area contributed by atoms with Gasteiger partial charge in [0.15, 0.2) is 0 Å². The third kappa shape index (κ3) is 4.42. The fourth-order valence-corrected chi connectivity index (χ4v) is 1.35. The van der Waals surface area contributed by atoms with E-state index in [1.807, 2.05) is 37.4 Å². The molecular formula is C12H19N3O.